The van der Waals surface area contributed by atoms with Gasteiger partial charge in [-0.15, -0.1) is 0 Å². The number of sulfonamides is 1. The first-order valence-electron chi connectivity index (χ1n) is 11.4. The van der Waals surface area contributed by atoms with E-state index in [-0.39, 0.29) is 5.76 Å². The van der Waals surface area contributed by atoms with Crippen molar-refractivity contribution in [2.24, 2.45) is 0 Å². The highest BCUT2D eigenvalue weighted by Crippen LogP contribution is 2.31. The summed E-state index contributed by atoms with van der Waals surface area (Å²) in [5, 5.41) is 10.1. The summed E-state index contributed by atoms with van der Waals surface area (Å²) in [6.07, 6.45) is 0.434. The normalized spacial score (nSPS) is 12.4. The maximum absolute atomic E-state index is 13.5. The lowest BCUT2D eigenvalue weighted by molar-refractivity contribution is -0.192. The molecule has 3 aromatic rings. The fourth-order valence-corrected chi connectivity index (χ4v) is 3.76. The summed E-state index contributed by atoms with van der Waals surface area (Å²) < 4.78 is 62.5. The van der Waals surface area contributed by atoms with Crippen molar-refractivity contribution in [3.8, 4) is 0 Å². The van der Waals surface area contributed by atoms with Gasteiger partial charge >= 0.3 is 12.1 Å². The van der Waals surface area contributed by atoms with Gasteiger partial charge in [-0.25, -0.2) is 13.2 Å². The van der Waals surface area contributed by atoms with Crippen molar-refractivity contribution < 1.29 is 45.5 Å². The Labute approximate surface area is 228 Å². The van der Waals surface area contributed by atoms with Crippen LogP contribution in [0.4, 0.5) is 24.5 Å². The van der Waals surface area contributed by atoms with Crippen LogP contribution in [-0.2, 0) is 19.6 Å². The first-order valence-corrected chi connectivity index (χ1v) is 13.2. The molecule has 216 valence electrons. The molecule has 11 nitrogen and oxygen atoms in total. The minimum Gasteiger partial charge on any atom is -0.475 e. The Balaban J connectivity index is 0.000000708. The number of nitrogens with one attached hydrogen (secondary N) is 2. The summed E-state index contributed by atoms with van der Waals surface area (Å²) in [5.41, 5.74) is 0.634. The summed E-state index contributed by atoms with van der Waals surface area (Å²) in [5.74, 6) is -3.66. The lowest BCUT2D eigenvalue weighted by Crippen LogP contribution is -2.49. The first-order chi connectivity index (χ1) is 18.4. The molecule has 15 heteroatoms. The van der Waals surface area contributed by atoms with Gasteiger partial charge in [0.25, 0.3) is 5.91 Å². The average molecular weight is 585 g/mol. The number of carboxylic acids is 1. The second-order valence-corrected chi connectivity index (χ2v) is 11.1. The highest BCUT2D eigenvalue weighted by Gasteiger charge is 2.38. The van der Waals surface area contributed by atoms with Gasteiger partial charge in [0.05, 0.1) is 12.5 Å². The van der Waals surface area contributed by atoms with Crippen molar-refractivity contribution in [3.05, 3.63) is 78.5 Å². The van der Waals surface area contributed by atoms with Crippen molar-refractivity contribution in [3.63, 3.8) is 0 Å². The van der Waals surface area contributed by atoms with Crippen molar-refractivity contribution in [1.82, 2.24) is 10.3 Å². The van der Waals surface area contributed by atoms with Gasteiger partial charge in [0.15, 0.2) is 5.76 Å². The quantitative estimate of drug-likeness (QED) is 0.376. The monoisotopic (exact) mass is 584 g/mol. The largest absolute Gasteiger partial charge is 0.490 e. The third kappa shape index (κ3) is 9.72. The van der Waals surface area contributed by atoms with E-state index in [1.54, 1.807) is 36.5 Å². The number of aliphatic carboxylic acids is 1. The molecule has 2 amide bonds. The fraction of sp³-hybridized carbons (Fsp3) is 0.280. The zero-order valence-corrected chi connectivity index (χ0v) is 22.6. The number of benzene rings is 1. The number of aromatic nitrogens is 1. The van der Waals surface area contributed by atoms with Gasteiger partial charge in [-0.2, -0.15) is 13.2 Å². The van der Waals surface area contributed by atoms with E-state index in [4.69, 9.17) is 14.3 Å². The third-order valence-corrected chi connectivity index (χ3v) is 5.25. The third-order valence-electron chi connectivity index (χ3n) is 4.65. The predicted molar refractivity (Wildman–Crippen MR) is 139 cm³/mol. The number of carboxylic acid groups (broad SMARTS) is 1. The molecule has 0 fully saturated rings. The number of anilines is 2. The van der Waals surface area contributed by atoms with Crippen LogP contribution >= 0.6 is 0 Å². The smallest absolute Gasteiger partial charge is 0.475 e. The van der Waals surface area contributed by atoms with E-state index < -0.39 is 45.6 Å². The van der Waals surface area contributed by atoms with E-state index in [1.165, 1.54) is 35.6 Å². The minimum absolute atomic E-state index is 0.0470. The molecule has 0 aliphatic heterocycles. The molecule has 0 spiro atoms. The summed E-state index contributed by atoms with van der Waals surface area (Å²) in [7, 11) is -3.47. The van der Waals surface area contributed by atoms with Crippen LogP contribution in [0.3, 0.4) is 0 Å². The van der Waals surface area contributed by atoms with Crippen LogP contribution in [0.25, 0.3) is 0 Å². The number of carbonyl (C=O) groups is 3. The number of carbonyl (C=O) groups excluding carboxylic acids is 2. The summed E-state index contributed by atoms with van der Waals surface area (Å²) in [6.45, 7) is 5.53. The van der Waals surface area contributed by atoms with Gasteiger partial charge in [0, 0.05) is 34.9 Å². The van der Waals surface area contributed by atoms with E-state index >= 15 is 0 Å². The maximum atomic E-state index is 13.5. The molecule has 0 bridgehead atoms. The van der Waals surface area contributed by atoms with Gasteiger partial charge < -0.3 is 14.8 Å². The Hall–Kier alpha value is -4.40. The highest BCUT2D eigenvalue weighted by atomic mass is 32.2. The fourth-order valence-electron chi connectivity index (χ4n) is 3.20. The molecule has 1 atom stereocenters. The molecule has 0 saturated carbocycles. The van der Waals surface area contributed by atoms with E-state index in [0.717, 1.165) is 6.26 Å². The highest BCUT2D eigenvalue weighted by molar-refractivity contribution is 7.92. The Morgan fingerprint density at radius 1 is 1.02 bits per heavy atom. The van der Waals surface area contributed by atoms with Crippen LogP contribution in [0.2, 0.25) is 0 Å². The number of furan rings is 1. The number of nitrogens with zero attached hydrogens (tertiary/aromatic N) is 2. The Kier molecular flexibility index (Phi) is 10.1. The van der Waals surface area contributed by atoms with Crippen molar-refractivity contribution in [2.45, 2.75) is 38.5 Å². The Morgan fingerprint density at radius 2 is 1.62 bits per heavy atom. The van der Waals surface area contributed by atoms with Gasteiger partial charge in [-0.3, -0.25) is 24.2 Å². The average Bonchev–Trinajstić information content (AvgIpc) is 3.36. The van der Waals surface area contributed by atoms with Gasteiger partial charge in [-0.1, -0.05) is 6.07 Å². The van der Waals surface area contributed by atoms with Crippen LogP contribution in [0.5, 0.6) is 0 Å². The number of amides is 2. The SMILES string of the molecule is CC(C)(C)NC(=O)C(c1cccnc1)N(C(=O)c1ccco1)c1ccc(NS(C)(=O)=O)cc1.O=C(O)C(F)(F)F. The molecule has 0 radical (unpaired) electrons. The minimum atomic E-state index is -5.08. The van der Waals surface area contributed by atoms with E-state index in [2.05, 4.69) is 15.0 Å². The Morgan fingerprint density at radius 3 is 2.05 bits per heavy atom. The van der Waals surface area contributed by atoms with E-state index in [1.807, 2.05) is 20.8 Å². The molecule has 2 aromatic heterocycles. The molecule has 0 saturated heterocycles. The molecule has 0 aliphatic carbocycles. The van der Waals surface area contributed by atoms with Crippen molar-refractivity contribution in [2.75, 3.05) is 15.9 Å². The summed E-state index contributed by atoms with van der Waals surface area (Å²) in [6, 6.07) is 11.6. The van der Waals surface area contributed by atoms with Crippen molar-refractivity contribution >= 4 is 39.2 Å². The number of pyridine rings is 1. The number of hydrogen-bond acceptors (Lipinski definition) is 7. The summed E-state index contributed by atoms with van der Waals surface area (Å²) >= 11 is 0. The van der Waals surface area contributed by atoms with Crippen LogP contribution in [0, 0.1) is 0 Å². The van der Waals surface area contributed by atoms with Gasteiger partial charge in [0.1, 0.15) is 6.04 Å². The molecule has 1 unspecified atom stereocenters. The molecular formula is C25H27F3N4O7S. The van der Waals surface area contributed by atoms with Gasteiger partial charge in [0.2, 0.25) is 15.9 Å². The Bertz CT molecular complexity index is 1410. The predicted octanol–water partition coefficient (Wildman–Crippen LogP) is 3.98. The zero-order valence-electron chi connectivity index (χ0n) is 21.8. The lowest BCUT2D eigenvalue weighted by atomic mass is 10.0. The molecule has 1 aromatic carbocycles. The van der Waals surface area contributed by atoms with E-state index in [9.17, 15) is 31.2 Å². The van der Waals surface area contributed by atoms with Gasteiger partial charge in [-0.05, 0) is 63.2 Å². The lowest BCUT2D eigenvalue weighted by Gasteiger charge is -2.33. The topological polar surface area (TPSA) is 159 Å². The maximum Gasteiger partial charge on any atom is 0.490 e. The number of halogens is 3. The number of rotatable bonds is 7. The molecule has 3 rings (SSSR count). The molecular weight excluding hydrogens is 557 g/mol. The zero-order chi connectivity index (χ0) is 30.3. The number of alkyl halides is 3. The second kappa shape index (κ2) is 12.6. The summed E-state index contributed by atoms with van der Waals surface area (Å²) in [4.78, 5) is 41.3. The van der Waals surface area contributed by atoms with Crippen molar-refractivity contribution in [1.29, 1.82) is 0 Å². The van der Waals surface area contributed by atoms with Crippen LogP contribution < -0.4 is 14.9 Å². The standard InChI is InChI=1S/C23H26N4O5S.C2HF3O2/c1-23(2,3)25-21(28)20(16-7-5-13-24-15-16)27(22(29)19-8-6-14-32-19)18-11-9-17(10-12-18)26-33(4,30)31;3-2(4,5)1(6)7/h5-15,20,26H,1-4H3,(H,25,28);(H,6,7). The molecule has 3 N–H and O–H groups in total. The first kappa shape index (κ1) is 31.8. The number of hydrogen-bond donors (Lipinski definition) is 3. The molecule has 0 aliphatic rings. The van der Waals surface area contributed by atoms with Crippen LogP contribution in [-0.4, -0.2) is 54.3 Å². The van der Waals surface area contributed by atoms with E-state index in [0.29, 0.717) is 16.9 Å². The molecule has 2 heterocycles. The van der Waals surface area contributed by atoms with Crippen LogP contribution in [0.1, 0.15) is 42.9 Å². The molecule has 40 heavy (non-hydrogen) atoms. The second-order valence-electron chi connectivity index (χ2n) is 9.30. The van der Waals surface area contributed by atoms with Crippen LogP contribution in [0.15, 0.2) is 71.6 Å².